The lowest BCUT2D eigenvalue weighted by Gasteiger charge is -2.26. The van der Waals surface area contributed by atoms with Crippen molar-refractivity contribution in [1.82, 2.24) is 0 Å². The second kappa shape index (κ2) is 4.88. The van der Waals surface area contributed by atoms with Crippen LogP contribution in [0.5, 0.6) is 0 Å². The van der Waals surface area contributed by atoms with Gasteiger partial charge in [0.05, 0.1) is 11.2 Å². The van der Waals surface area contributed by atoms with E-state index in [9.17, 15) is 22.7 Å². The SMILES string of the molecule is CC(C)CC(C)(O)c1ccc(F)c(C(F)(F)F)c1. The first-order chi connectivity index (χ1) is 8.04. The fourth-order valence-electron chi connectivity index (χ4n) is 1.99. The monoisotopic (exact) mass is 264 g/mol. The molecule has 1 rings (SSSR count). The van der Waals surface area contributed by atoms with Crippen molar-refractivity contribution in [3.63, 3.8) is 0 Å². The highest BCUT2D eigenvalue weighted by Gasteiger charge is 2.36. The van der Waals surface area contributed by atoms with Crippen molar-refractivity contribution in [3.05, 3.63) is 35.1 Å². The summed E-state index contributed by atoms with van der Waals surface area (Å²) in [6, 6.07) is 2.61. The lowest BCUT2D eigenvalue weighted by molar-refractivity contribution is -0.140. The van der Waals surface area contributed by atoms with Gasteiger partial charge in [-0.3, -0.25) is 0 Å². The Balaban J connectivity index is 3.20. The molecular formula is C13H16F4O. The smallest absolute Gasteiger partial charge is 0.385 e. The van der Waals surface area contributed by atoms with Crippen LogP contribution >= 0.6 is 0 Å². The maximum absolute atomic E-state index is 13.1. The Morgan fingerprint density at radius 3 is 2.22 bits per heavy atom. The third-order valence-electron chi connectivity index (χ3n) is 2.70. The van der Waals surface area contributed by atoms with Gasteiger partial charge in [-0.1, -0.05) is 19.9 Å². The minimum absolute atomic E-state index is 0.0740. The van der Waals surface area contributed by atoms with Gasteiger partial charge >= 0.3 is 6.18 Å². The molecule has 0 amide bonds. The van der Waals surface area contributed by atoms with Crippen LogP contribution in [0.4, 0.5) is 17.6 Å². The maximum Gasteiger partial charge on any atom is 0.419 e. The van der Waals surface area contributed by atoms with Gasteiger partial charge in [-0.2, -0.15) is 13.2 Å². The van der Waals surface area contributed by atoms with Crippen LogP contribution in [0.25, 0.3) is 0 Å². The van der Waals surface area contributed by atoms with E-state index < -0.39 is 23.2 Å². The molecule has 0 radical (unpaired) electrons. The Morgan fingerprint density at radius 2 is 1.78 bits per heavy atom. The van der Waals surface area contributed by atoms with E-state index in [-0.39, 0.29) is 11.5 Å². The second-order valence-electron chi connectivity index (χ2n) is 5.06. The molecule has 5 heteroatoms. The highest BCUT2D eigenvalue weighted by atomic mass is 19.4. The molecule has 1 atom stereocenters. The number of hydrogen-bond donors (Lipinski definition) is 1. The van der Waals surface area contributed by atoms with Gasteiger partial charge in [0, 0.05) is 0 Å². The lowest BCUT2D eigenvalue weighted by atomic mass is 9.86. The Bertz CT molecular complexity index is 421. The van der Waals surface area contributed by atoms with Gasteiger partial charge in [0.25, 0.3) is 0 Å². The van der Waals surface area contributed by atoms with E-state index in [0.29, 0.717) is 12.5 Å². The van der Waals surface area contributed by atoms with E-state index in [1.54, 1.807) is 0 Å². The Morgan fingerprint density at radius 1 is 1.22 bits per heavy atom. The first kappa shape index (κ1) is 15.0. The van der Waals surface area contributed by atoms with E-state index >= 15 is 0 Å². The van der Waals surface area contributed by atoms with Gasteiger partial charge in [0.1, 0.15) is 5.82 Å². The molecule has 102 valence electrons. The zero-order valence-corrected chi connectivity index (χ0v) is 10.5. The third-order valence-corrected chi connectivity index (χ3v) is 2.70. The van der Waals surface area contributed by atoms with Crippen LogP contribution in [0.2, 0.25) is 0 Å². The fourth-order valence-corrected chi connectivity index (χ4v) is 1.99. The van der Waals surface area contributed by atoms with Crippen LogP contribution in [-0.2, 0) is 11.8 Å². The molecule has 0 fully saturated rings. The zero-order chi connectivity index (χ0) is 14.1. The molecule has 1 N–H and O–H groups in total. The molecule has 1 nitrogen and oxygen atoms in total. The van der Waals surface area contributed by atoms with Crippen LogP contribution in [0, 0.1) is 11.7 Å². The van der Waals surface area contributed by atoms with Crippen molar-refractivity contribution in [3.8, 4) is 0 Å². The number of benzene rings is 1. The highest BCUT2D eigenvalue weighted by molar-refractivity contribution is 5.30. The molecule has 0 aliphatic rings. The van der Waals surface area contributed by atoms with Crippen LogP contribution in [0.1, 0.15) is 38.3 Å². The van der Waals surface area contributed by atoms with E-state index in [4.69, 9.17) is 0 Å². The summed E-state index contributed by atoms with van der Waals surface area (Å²) in [7, 11) is 0. The molecule has 0 heterocycles. The number of rotatable bonds is 3. The van der Waals surface area contributed by atoms with Gasteiger partial charge in [0.2, 0.25) is 0 Å². The van der Waals surface area contributed by atoms with Gasteiger partial charge < -0.3 is 5.11 Å². The van der Waals surface area contributed by atoms with Crippen LogP contribution < -0.4 is 0 Å². The standard InChI is InChI=1S/C13H16F4O/c1-8(2)7-12(3,18)9-4-5-11(14)10(6-9)13(15,16)17/h4-6,8,18H,7H2,1-3H3. The summed E-state index contributed by atoms with van der Waals surface area (Å²) >= 11 is 0. The molecular weight excluding hydrogens is 248 g/mol. The average Bonchev–Trinajstić information content (AvgIpc) is 2.13. The molecule has 0 aliphatic carbocycles. The van der Waals surface area contributed by atoms with Crippen molar-refractivity contribution in [1.29, 1.82) is 0 Å². The maximum atomic E-state index is 13.1. The molecule has 0 aliphatic heterocycles. The van der Waals surface area contributed by atoms with E-state index in [1.807, 2.05) is 13.8 Å². The summed E-state index contributed by atoms with van der Waals surface area (Å²) in [4.78, 5) is 0. The second-order valence-corrected chi connectivity index (χ2v) is 5.06. The summed E-state index contributed by atoms with van der Waals surface area (Å²) in [5, 5.41) is 10.1. The molecule has 1 unspecified atom stereocenters. The minimum Gasteiger partial charge on any atom is -0.385 e. The fraction of sp³-hybridized carbons (Fsp3) is 0.538. The molecule has 18 heavy (non-hydrogen) atoms. The van der Waals surface area contributed by atoms with E-state index in [2.05, 4.69) is 0 Å². The van der Waals surface area contributed by atoms with Gasteiger partial charge in [0.15, 0.2) is 0 Å². The summed E-state index contributed by atoms with van der Waals surface area (Å²) in [5.74, 6) is -1.22. The normalized spacial score (nSPS) is 15.8. The molecule has 0 saturated carbocycles. The van der Waals surface area contributed by atoms with Crippen LogP contribution in [-0.4, -0.2) is 5.11 Å². The molecule has 0 bridgehead atoms. The molecule has 1 aromatic rings. The van der Waals surface area contributed by atoms with Crippen molar-refractivity contribution in [2.75, 3.05) is 0 Å². The van der Waals surface area contributed by atoms with Crippen LogP contribution in [0.3, 0.4) is 0 Å². The quantitative estimate of drug-likeness (QED) is 0.815. The summed E-state index contributed by atoms with van der Waals surface area (Å²) in [5.41, 5.74) is -2.67. The lowest BCUT2D eigenvalue weighted by Crippen LogP contribution is -2.24. The number of alkyl halides is 3. The predicted molar refractivity (Wildman–Crippen MR) is 60.4 cm³/mol. The predicted octanol–water partition coefficient (Wildman–Crippen LogP) is 4.10. The van der Waals surface area contributed by atoms with Crippen LogP contribution in [0.15, 0.2) is 18.2 Å². The Labute approximate surface area is 103 Å². The third kappa shape index (κ3) is 3.45. The summed E-state index contributed by atoms with van der Waals surface area (Å²) in [6.07, 6.45) is -4.45. The molecule has 0 aromatic heterocycles. The summed E-state index contributed by atoms with van der Waals surface area (Å²) < 4.78 is 50.8. The average molecular weight is 264 g/mol. The molecule has 0 spiro atoms. The van der Waals surface area contributed by atoms with Crippen molar-refractivity contribution < 1.29 is 22.7 Å². The van der Waals surface area contributed by atoms with Gasteiger partial charge in [-0.15, -0.1) is 0 Å². The number of halogens is 4. The first-order valence-corrected chi connectivity index (χ1v) is 5.63. The Kier molecular flexibility index (Phi) is 4.05. The highest BCUT2D eigenvalue weighted by Crippen LogP contribution is 2.35. The Hall–Kier alpha value is -1.10. The number of aliphatic hydroxyl groups is 1. The molecule has 1 aromatic carbocycles. The molecule has 0 saturated heterocycles. The van der Waals surface area contributed by atoms with Gasteiger partial charge in [-0.25, -0.2) is 4.39 Å². The zero-order valence-electron chi connectivity index (χ0n) is 10.5. The van der Waals surface area contributed by atoms with Crippen molar-refractivity contribution in [2.24, 2.45) is 5.92 Å². The van der Waals surface area contributed by atoms with E-state index in [1.165, 1.54) is 13.0 Å². The van der Waals surface area contributed by atoms with E-state index in [0.717, 1.165) is 6.07 Å². The topological polar surface area (TPSA) is 20.2 Å². The number of hydrogen-bond acceptors (Lipinski definition) is 1. The largest absolute Gasteiger partial charge is 0.419 e. The summed E-state index contributed by atoms with van der Waals surface area (Å²) in [6.45, 7) is 5.13. The van der Waals surface area contributed by atoms with Gasteiger partial charge in [-0.05, 0) is 37.0 Å². The van der Waals surface area contributed by atoms with Crippen molar-refractivity contribution >= 4 is 0 Å². The van der Waals surface area contributed by atoms with Crippen molar-refractivity contribution in [2.45, 2.75) is 39.0 Å². The first-order valence-electron chi connectivity index (χ1n) is 5.63. The minimum atomic E-state index is -4.76.